The molecule has 1 N–H and O–H groups in total. The Morgan fingerprint density at radius 2 is 1.86 bits per heavy atom. The van der Waals surface area contributed by atoms with Crippen LogP contribution in [0.4, 0.5) is 11.4 Å². The number of ether oxygens (including phenoxy) is 2. The van der Waals surface area contributed by atoms with Crippen LogP contribution in [0.3, 0.4) is 0 Å². The Hall–Kier alpha value is -3.02. The molecule has 1 saturated heterocycles. The van der Waals surface area contributed by atoms with Gasteiger partial charge in [-0.05, 0) is 36.2 Å². The molecule has 0 aromatic heterocycles. The van der Waals surface area contributed by atoms with E-state index in [1.165, 1.54) is 5.56 Å². The van der Waals surface area contributed by atoms with Crippen molar-refractivity contribution in [3.63, 3.8) is 0 Å². The van der Waals surface area contributed by atoms with Crippen LogP contribution in [0.15, 0.2) is 42.5 Å². The SMILES string of the molecule is CCc1ccc(N2CC(C(=O)Nc3ccc4c(c3)OCCCO4)CC2=O)cc1. The van der Waals surface area contributed by atoms with E-state index in [2.05, 4.69) is 12.2 Å². The number of nitrogens with zero attached hydrogens (tertiary/aromatic N) is 1. The minimum atomic E-state index is -0.380. The Morgan fingerprint density at radius 3 is 2.61 bits per heavy atom. The second-order valence-electron chi connectivity index (χ2n) is 7.13. The Labute approximate surface area is 164 Å². The number of carbonyl (C=O) groups is 2. The number of fused-ring (bicyclic) bond motifs is 1. The number of aryl methyl sites for hydroxylation is 1. The number of benzene rings is 2. The van der Waals surface area contributed by atoms with Crippen molar-refractivity contribution in [2.75, 3.05) is 30.0 Å². The van der Waals surface area contributed by atoms with E-state index in [9.17, 15) is 9.59 Å². The summed E-state index contributed by atoms with van der Waals surface area (Å²) in [6.07, 6.45) is 2.00. The molecule has 6 nitrogen and oxygen atoms in total. The highest BCUT2D eigenvalue weighted by Gasteiger charge is 2.35. The normalized spacial score (nSPS) is 18.7. The van der Waals surface area contributed by atoms with Crippen LogP contribution >= 0.6 is 0 Å². The molecule has 146 valence electrons. The Bertz CT molecular complexity index is 879. The van der Waals surface area contributed by atoms with E-state index in [0.29, 0.717) is 36.9 Å². The highest BCUT2D eigenvalue weighted by Crippen LogP contribution is 2.33. The van der Waals surface area contributed by atoms with Crippen LogP contribution in [0, 0.1) is 5.92 Å². The molecule has 0 radical (unpaired) electrons. The summed E-state index contributed by atoms with van der Waals surface area (Å²) in [5.41, 5.74) is 2.71. The number of amides is 2. The fourth-order valence-corrected chi connectivity index (χ4v) is 3.53. The first kappa shape index (κ1) is 18.3. The highest BCUT2D eigenvalue weighted by molar-refractivity contribution is 6.03. The van der Waals surface area contributed by atoms with Gasteiger partial charge in [-0.15, -0.1) is 0 Å². The van der Waals surface area contributed by atoms with Gasteiger partial charge in [0.2, 0.25) is 11.8 Å². The Balaban J connectivity index is 1.42. The summed E-state index contributed by atoms with van der Waals surface area (Å²) in [5, 5.41) is 2.91. The third kappa shape index (κ3) is 3.81. The molecule has 0 bridgehead atoms. The van der Waals surface area contributed by atoms with Crippen LogP contribution in [-0.2, 0) is 16.0 Å². The van der Waals surface area contributed by atoms with Crippen LogP contribution in [0.5, 0.6) is 11.5 Å². The van der Waals surface area contributed by atoms with Gasteiger partial charge in [-0.3, -0.25) is 9.59 Å². The largest absolute Gasteiger partial charge is 0.490 e. The monoisotopic (exact) mass is 380 g/mol. The zero-order valence-corrected chi connectivity index (χ0v) is 15.9. The van der Waals surface area contributed by atoms with E-state index in [4.69, 9.17) is 9.47 Å². The van der Waals surface area contributed by atoms with Gasteiger partial charge >= 0.3 is 0 Å². The summed E-state index contributed by atoms with van der Waals surface area (Å²) in [4.78, 5) is 26.8. The van der Waals surface area contributed by atoms with Crippen molar-refractivity contribution in [2.24, 2.45) is 5.92 Å². The summed E-state index contributed by atoms with van der Waals surface area (Å²) in [7, 11) is 0. The van der Waals surface area contributed by atoms with Crippen LogP contribution in [0.25, 0.3) is 0 Å². The lowest BCUT2D eigenvalue weighted by Gasteiger charge is -2.17. The molecule has 6 heteroatoms. The average molecular weight is 380 g/mol. The molecule has 2 aromatic carbocycles. The molecular formula is C22H24N2O4. The van der Waals surface area contributed by atoms with Gasteiger partial charge in [0.15, 0.2) is 11.5 Å². The zero-order valence-electron chi connectivity index (χ0n) is 15.9. The second kappa shape index (κ2) is 7.92. The molecule has 1 unspecified atom stereocenters. The van der Waals surface area contributed by atoms with Crippen LogP contribution < -0.4 is 19.7 Å². The minimum absolute atomic E-state index is 0.0249. The lowest BCUT2D eigenvalue weighted by atomic mass is 10.1. The third-order valence-electron chi connectivity index (χ3n) is 5.17. The van der Waals surface area contributed by atoms with Crippen molar-refractivity contribution >= 4 is 23.2 Å². The predicted octanol–water partition coefficient (Wildman–Crippen LogP) is 3.40. The first-order valence-electron chi connectivity index (χ1n) is 9.74. The van der Waals surface area contributed by atoms with Crippen LogP contribution in [0.1, 0.15) is 25.3 Å². The molecule has 2 amide bonds. The van der Waals surface area contributed by atoms with Crippen molar-refractivity contribution in [3.8, 4) is 11.5 Å². The van der Waals surface area contributed by atoms with E-state index in [-0.39, 0.29) is 24.2 Å². The lowest BCUT2D eigenvalue weighted by Crippen LogP contribution is -2.28. The quantitative estimate of drug-likeness (QED) is 0.883. The summed E-state index contributed by atoms with van der Waals surface area (Å²) < 4.78 is 11.3. The molecule has 2 heterocycles. The Kier molecular flexibility index (Phi) is 5.19. The maximum atomic E-state index is 12.7. The first-order chi connectivity index (χ1) is 13.6. The standard InChI is InChI=1S/C22H24N2O4/c1-2-15-4-7-18(8-5-15)24-14-16(12-21(24)25)22(26)23-17-6-9-19-20(13-17)28-11-3-10-27-19/h4-9,13,16H,2-3,10-12,14H2,1H3,(H,23,26). The van der Waals surface area contributed by atoms with E-state index in [1.54, 1.807) is 23.1 Å². The molecule has 0 aliphatic carbocycles. The fourth-order valence-electron chi connectivity index (χ4n) is 3.53. The molecule has 0 spiro atoms. The maximum Gasteiger partial charge on any atom is 0.229 e. The van der Waals surface area contributed by atoms with Gasteiger partial charge in [-0.1, -0.05) is 19.1 Å². The van der Waals surface area contributed by atoms with Gasteiger partial charge in [0.25, 0.3) is 0 Å². The molecule has 2 aromatic rings. The molecule has 28 heavy (non-hydrogen) atoms. The molecule has 0 saturated carbocycles. The topological polar surface area (TPSA) is 67.9 Å². The number of nitrogens with one attached hydrogen (secondary N) is 1. The number of hydrogen-bond donors (Lipinski definition) is 1. The Morgan fingerprint density at radius 1 is 1.11 bits per heavy atom. The average Bonchev–Trinajstić information content (AvgIpc) is 2.95. The van der Waals surface area contributed by atoms with E-state index < -0.39 is 0 Å². The van der Waals surface area contributed by atoms with Gasteiger partial charge in [0, 0.05) is 36.8 Å². The summed E-state index contributed by atoms with van der Waals surface area (Å²) in [5.74, 6) is 0.761. The van der Waals surface area contributed by atoms with Gasteiger partial charge < -0.3 is 19.7 Å². The van der Waals surface area contributed by atoms with Crippen molar-refractivity contribution in [2.45, 2.75) is 26.2 Å². The third-order valence-corrected chi connectivity index (χ3v) is 5.17. The van der Waals surface area contributed by atoms with E-state index >= 15 is 0 Å². The fraction of sp³-hybridized carbons (Fsp3) is 0.364. The van der Waals surface area contributed by atoms with Gasteiger partial charge in [0.05, 0.1) is 19.1 Å². The van der Waals surface area contributed by atoms with E-state index in [0.717, 1.165) is 18.5 Å². The highest BCUT2D eigenvalue weighted by atomic mass is 16.5. The van der Waals surface area contributed by atoms with Crippen molar-refractivity contribution in [1.29, 1.82) is 0 Å². The van der Waals surface area contributed by atoms with Gasteiger partial charge in [-0.25, -0.2) is 0 Å². The molecule has 2 aliphatic rings. The zero-order chi connectivity index (χ0) is 19.5. The van der Waals surface area contributed by atoms with Crippen LogP contribution in [0.2, 0.25) is 0 Å². The van der Waals surface area contributed by atoms with Crippen molar-refractivity contribution < 1.29 is 19.1 Å². The van der Waals surface area contributed by atoms with Crippen molar-refractivity contribution in [1.82, 2.24) is 0 Å². The van der Waals surface area contributed by atoms with Crippen LogP contribution in [-0.4, -0.2) is 31.6 Å². The maximum absolute atomic E-state index is 12.7. The molecule has 2 aliphatic heterocycles. The summed E-state index contributed by atoms with van der Waals surface area (Å²) in [6, 6.07) is 13.3. The molecule has 4 rings (SSSR count). The number of carbonyl (C=O) groups excluding carboxylic acids is 2. The van der Waals surface area contributed by atoms with Crippen molar-refractivity contribution in [3.05, 3.63) is 48.0 Å². The number of anilines is 2. The first-order valence-corrected chi connectivity index (χ1v) is 9.74. The van der Waals surface area contributed by atoms with Gasteiger partial charge in [0.1, 0.15) is 0 Å². The number of hydrogen-bond acceptors (Lipinski definition) is 4. The smallest absolute Gasteiger partial charge is 0.229 e. The molecule has 1 atom stereocenters. The summed E-state index contributed by atoms with van der Waals surface area (Å²) in [6.45, 7) is 3.70. The predicted molar refractivity (Wildman–Crippen MR) is 107 cm³/mol. The number of rotatable bonds is 4. The second-order valence-corrected chi connectivity index (χ2v) is 7.13. The van der Waals surface area contributed by atoms with E-state index in [1.807, 2.05) is 24.3 Å². The van der Waals surface area contributed by atoms with Gasteiger partial charge in [-0.2, -0.15) is 0 Å². The summed E-state index contributed by atoms with van der Waals surface area (Å²) >= 11 is 0. The molecule has 1 fully saturated rings. The molecular weight excluding hydrogens is 356 g/mol. The minimum Gasteiger partial charge on any atom is -0.490 e. The lowest BCUT2D eigenvalue weighted by molar-refractivity contribution is -0.122.